The van der Waals surface area contributed by atoms with Gasteiger partial charge in [-0.3, -0.25) is 0 Å². The summed E-state index contributed by atoms with van der Waals surface area (Å²) in [7, 11) is 1.65. The topological polar surface area (TPSA) is 36.9 Å². The fourth-order valence-electron chi connectivity index (χ4n) is 1.54. The molecule has 1 aromatic carbocycles. The van der Waals surface area contributed by atoms with Gasteiger partial charge in [-0.15, -0.1) is 0 Å². The molecule has 0 aliphatic carbocycles. The molecule has 0 amide bonds. The monoisotopic (exact) mass is 306 g/mol. The average Bonchev–Trinajstić information content (AvgIpc) is 2.52. The van der Waals surface area contributed by atoms with Gasteiger partial charge in [-0.2, -0.15) is 0 Å². The van der Waals surface area contributed by atoms with E-state index in [0.29, 0.717) is 45.6 Å². The molecule has 4 heteroatoms. The van der Waals surface area contributed by atoms with E-state index in [0.717, 1.165) is 11.3 Å². The fraction of sp³-hybridized carbons (Fsp3) is 0.556. The van der Waals surface area contributed by atoms with Crippen LogP contribution in [0.1, 0.15) is 19.4 Å². The van der Waals surface area contributed by atoms with Gasteiger partial charge in [0, 0.05) is 18.6 Å². The van der Waals surface area contributed by atoms with Crippen LogP contribution in [0.25, 0.3) is 0 Å². The van der Waals surface area contributed by atoms with E-state index < -0.39 is 0 Å². The van der Waals surface area contributed by atoms with Crippen LogP contribution in [0.3, 0.4) is 0 Å². The van der Waals surface area contributed by atoms with Crippen LogP contribution >= 0.6 is 0 Å². The van der Waals surface area contributed by atoms with Gasteiger partial charge in [0.05, 0.1) is 33.0 Å². The third-order valence-electron chi connectivity index (χ3n) is 2.66. The molecule has 0 unspecified atom stereocenters. The molecule has 1 aromatic rings. The minimum Gasteiger partial charge on any atom is -0.491 e. The largest absolute Gasteiger partial charge is 0.491 e. The van der Waals surface area contributed by atoms with Crippen LogP contribution in [0.4, 0.5) is 0 Å². The smallest absolute Gasteiger partial charge is 0.119 e. The van der Waals surface area contributed by atoms with Crippen molar-refractivity contribution < 1.29 is 18.9 Å². The Kier molecular flexibility index (Phi) is 10.1. The first-order valence-electron chi connectivity index (χ1n) is 7.61. The highest BCUT2D eigenvalue weighted by molar-refractivity contribution is 5.38. The van der Waals surface area contributed by atoms with Crippen LogP contribution in [0.2, 0.25) is 0 Å². The first-order valence-corrected chi connectivity index (χ1v) is 7.61. The average molecular weight is 306 g/mol. The summed E-state index contributed by atoms with van der Waals surface area (Å²) >= 11 is 0. The maximum Gasteiger partial charge on any atom is 0.119 e. The Morgan fingerprint density at radius 3 is 2.05 bits per heavy atom. The standard InChI is InChI=1S/C18H26O4/c1-16(2)4-5-17-6-8-18(9-7-17)22-15-14-21-13-12-20-11-10-19-3/h6-9,16H,10-15H2,1-3H3. The second-order valence-electron chi connectivity index (χ2n) is 5.01. The summed E-state index contributed by atoms with van der Waals surface area (Å²) in [5.74, 6) is 7.47. The van der Waals surface area contributed by atoms with E-state index in [1.54, 1.807) is 7.11 Å². The molecule has 122 valence electrons. The molecule has 0 aromatic heterocycles. The van der Waals surface area contributed by atoms with E-state index in [2.05, 4.69) is 25.7 Å². The summed E-state index contributed by atoms with van der Waals surface area (Å²) in [5, 5.41) is 0. The first-order chi connectivity index (χ1) is 10.7. The third kappa shape index (κ3) is 9.41. The molecule has 0 saturated carbocycles. The van der Waals surface area contributed by atoms with Gasteiger partial charge in [-0.1, -0.05) is 25.7 Å². The van der Waals surface area contributed by atoms with Gasteiger partial charge in [-0.25, -0.2) is 0 Å². The summed E-state index contributed by atoms with van der Waals surface area (Å²) < 4.78 is 21.2. The van der Waals surface area contributed by atoms with Gasteiger partial charge in [0.2, 0.25) is 0 Å². The Morgan fingerprint density at radius 1 is 0.864 bits per heavy atom. The number of hydrogen-bond acceptors (Lipinski definition) is 4. The number of rotatable bonds is 10. The summed E-state index contributed by atoms with van der Waals surface area (Å²) in [4.78, 5) is 0. The highest BCUT2D eigenvalue weighted by Gasteiger charge is 1.95. The Labute approximate surface area is 133 Å². The van der Waals surface area contributed by atoms with Crippen LogP contribution in [-0.2, 0) is 14.2 Å². The van der Waals surface area contributed by atoms with Crippen molar-refractivity contribution in [3.63, 3.8) is 0 Å². The highest BCUT2D eigenvalue weighted by atomic mass is 16.6. The molecule has 0 saturated heterocycles. The number of hydrogen-bond donors (Lipinski definition) is 0. The van der Waals surface area contributed by atoms with Gasteiger partial charge < -0.3 is 18.9 Å². The number of ether oxygens (including phenoxy) is 4. The molecule has 0 radical (unpaired) electrons. The predicted molar refractivity (Wildman–Crippen MR) is 87.2 cm³/mol. The molecule has 4 nitrogen and oxygen atoms in total. The van der Waals surface area contributed by atoms with Crippen LogP contribution in [0.15, 0.2) is 24.3 Å². The normalized spacial score (nSPS) is 10.4. The molecular formula is C18H26O4. The van der Waals surface area contributed by atoms with Crippen LogP contribution in [-0.4, -0.2) is 46.8 Å². The molecule has 0 spiro atoms. The zero-order valence-electron chi connectivity index (χ0n) is 13.8. The second kappa shape index (κ2) is 12.0. The Bertz CT molecular complexity index is 442. The Morgan fingerprint density at radius 2 is 1.45 bits per heavy atom. The van der Waals surface area contributed by atoms with Gasteiger partial charge in [0.15, 0.2) is 0 Å². The number of methoxy groups -OCH3 is 1. The van der Waals surface area contributed by atoms with Crippen molar-refractivity contribution in [1.29, 1.82) is 0 Å². The molecule has 0 atom stereocenters. The molecule has 1 rings (SSSR count). The van der Waals surface area contributed by atoms with Crippen molar-refractivity contribution in [3.8, 4) is 17.6 Å². The van der Waals surface area contributed by atoms with E-state index in [1.807, 2.05) is 24.3 Å². The van der Waals surface area contributed by atoms with Crippen LogP contribution < -0.4 is 4.74 Å². The van der Waals surface area contributed by atoms with E-state index in [-0.39, 0.29) is 0 Å². The summed E-state index contributed by atoms with van der Waals surface area (Å²) in [6.07, 6.45) is 0. The lowest BCUT2D eigenvalue weighted by atomic mass is 10.2. The van der Waals surface area contributed by atoms with Crippen molar-refractivity contribution in [3.05, 3.63) is 29.8 Å². The minimum atomic E-state index is 0.381. The summed E-state index contributed by atoms with van der Waals surface area (Å²) in [6, 6.07) is 7.79. The lowest BCUT2D eigenvalue weighted by Gasteiger charge is -2.07. The maximum atomic E-state index is 5.60. The van der Waals surface area contributed by atoms with E-state index >= 15 is 0 Å². The minimum absolute atomic E-state index is 0.381. The lowest BCUT2D eigenvalue weighted by molar-refractivity contribution is 0.0180. The van der Waals surface area contributed by atoms with Crippen molar-refractivity contribution in [2.24, 2.45) is 5.92 Å². The van der Waals surface area contributed by atoms with Crippen molar-refractivity contribution in [2.45, 2.75) is 13.8 Å². The van der Waals surface area contributed by atoms with Crippen LogP contribution in [0.5, 0.6) is 5.75 Å². The van der Waals surface area contributed by atoms with Crippen LogP contribution in [0, 0.1) is 17.8 Å². The molecule has 22 heavy (non-hydrogen) atoms. The Hall–Kier alpha value is -1.54. The number of benzene rings is 1. The maximum absolute atomic E-state index is 5.60. The molecule has 0 aliphatic rings. The predicted octanol–water partition coefficient (Wildman–Crippen LogP) is 2.75. The zero-order chi connectivity index (χ0) is 16.0. The van der Waals surface area contributed by atoms with Crippen molar-refractivity contribution >= 4 is 0 Å². The van der Waals surface area contributed by atoms with Gasteiger partial charge in [0.25, 0.3) is 0 Å². The fourth-order valence-corrected chi connectivity index (χ4v) is 1.54. The molecule has 0 heterocycles. The van der Waals surface area contributed by atoms with Gasteiger partial charge in [-0.05, 0) is 24.3 Å². The first kappa shape index (κ1) is 18.5. The quantitative estimate of drug-likeness (QED) is 0.492. The van der Waals surface area contributed by atoms with E-state index in [1.165, 1.54) is 0 Å². The molecule has 0 bridgehead atoms. The van der Waals surface area contributed by atoms with Crippen molar-refractivity contribution in [1.82, 2.24) is 0 Å². The third-order valence-corrected chi connectivity index (χ3v) is 2.66. The zero-order valence-corrected chi connectivity index (χ0v) is 13.8. The van der Waals surface area contributed by atoms with E-state index in [4.69, 9.17) is 18.9 Å². The molecule has 0 fully saturated rings. The molecular weight excluding hydrogens is 280 g/mol. The van der Waals surface area contributed by atoms with E-state index in [9.17, 15) is 0 Å². The Balaban J connectivity index is 2.09. The van der Waals surface area contributed by atoms with Gasteiger partial charge >= 0.3 is 0 Å². The van der Waals surface area contributed by atoms with Crippen molar-refractivity contribution in [2.75, 3.05) is 46.8 Å². The molecule has 0 aliphatic heterocycles. The molecule has 0 N–H and O–H groups in total. The highest BCUT2D eigenvalue weighted by Crippen LogP contribution is 2.11. The second-order valence-corrected chi connectivity index (χ2v) is 5.01. The summed E-state index contributed by atoms with van der Waals surface area (Å²) in [5.41, 5.74) is 1.01. The van der Waals surface area contributed by atoms with Gasteiger partial charge in [0.1, 0.15) is 12.4 Å². The summed E-state index contributed by atoms with van der Waals surface area (Å²) in [6.45, 7) is 7.57. The lowest BCUT2D eigenvalue weighted by Crippen LogP contribution is -2.12. The SMILES string of the molecule is COCCOCCOCCOc1ccc(C#CC(C)C)cc1.